The molecule has 2 heterocycles. The molecule has 0 amide bonds. The van der Waals surface area contributed by atoms with Gasteiger partial charge in [0.25, 0.3) is 0 Å². The average Bonchev–Trinajstić information content (AvgIpc) is 3.19. The minimum atomic E-state index is -0.222. The van der Waals surface area contributed by atoms with E-state index in [4.69, 9.17) is 5.73 Å². The van der Waals surface area contributed by atoms with Gasteiger partial charge >= 0.3 is 0 Å². The highest BCUT2D eigenvalue weighted by atomic mass is 16.3. The number of hydrogen-bond acceptors (Lipinski definition) is 4. The molecule has 2 aromatic heterocycles. The fourth-order valence-corrected chi connectivity index (χ4v) is 7.92. The molecule has 0 unspecified atom stereocenters. The van der Waals surface area contributed by atoms with Crippen LogP contribution in [-0.4, -0.2) is 30.5 Å². The lowest BCUT2D eigenvalue weighted by molar-refractivity contribution is -0.656. The highest BCUT2D eigenvalue weighted by Gasteiger charge is 2.29. The zero-order valence-corrected chi connectivity index (χ0v) is 30.4. The quantitative estimate of drug-likeness (QED) is 0.0529. The second-order valence-corrected chi connectivity index (χ2v) is 14.0. The summed E-state index contributed by atoms with van der Waals surface area (Å²) in [6.07, 6.45) is 0. The number of fused-ring (bicyclic) bond motifs is 6. The van der Waals surface area contributed by atoms with Crippen LogP contribution < -0.4 is 20.2 Å². The average molecular weight is 697 g/mol. The third kappa shape index (κ3) is 6.16. The Hall–Kier alpha value is -6.08. The molecule has 8 aromatic rings. The second kappa shape index (κ2) is 14.2. The van der Waals surface area contributed by atoms with Crippen LogP contribution in [0.4, 0.5) is 11.4 Å². The molecule has 0 saturated heterocycles. The third-order valence-electron chi connectivity index (χ3n) is 10.5. The van der Waals surface area contributed by atoms with E-state index in [1.165, 1.54) is 10.9 Å². The molecule has 0 aliphatic carbocycles. The van der Waals surface area contributed by atoms with Crippen molar-refractivity contribution in [1.29, 1.82) is 0 Å². The van der Waals surface area contributed by atoms with Crippen molar-refractivity contribution in [3.05, 3.63) is 156 Å². The number of anilines is 2. The molecule has 0 atom stereocenters. The number of aliphatic hydroxyl groups excluding tert-OH is 2. The molecule has 8 rings (SSSR count). The highest BCUT2D eigenvalue weighted by Crippen LogP contribution is 2.35. The molecule has 0 spiro atoms. The van der Waals surface area contributed by atoms with Crippen molar-refractivity contribution in [1.82, 2.24) is 0 Å². The normalized spacial score (nSPS) is 12.2. The molecule has 0 radical (unpaired) electrons. The number of aryl methyl sites for hydroxylation is 2. The van der Waals surface area contributed by atoms with Crippen LogP contribution in [0, 0.1) is 13.8 Å². The van der Waals surface area contributed by atoms with Crippen molar-refractivity contribution in [3.8, 4) is 22.5 Å². The lowest BCUT2D eigenvalue weighted by Crippen LogP contribution is -2.42. The first-order valence-electron chi connectivity index (χ1n) is 18.1. The lowest BCUT2D eigenvalue weighted by atomic mass is 9.96. The van der Waals surface area contributed by atoms with E-state index >= 15 is 0 Å². The maximum absolute atomic E-state index is 11.3. The number of nitrogens with zero attached hydrogens (tertiary/aromatic N) is 2. The molecule has 6 nitrogen and oxygen atoms in total. The van der Waals surface area contributed by atoms with Crippen molar-refractivity contribution in [2.24, 2.45) is 0 Å². The van der Waals surface area contributed by atoms with E-state index in [0.717, 1.165) is 82.9 Å². The summed E-state index contributed by atoms with van der Waals surface area (Å²) in [4.78, 5) is 0. The van der Waals surface area contributed by atoms with E-state index in [1.54, 1.807) is 0 Å². The van der Waals surface area contributed by atoms with Crippen LogP contribution in [0.1, 0.15) is 11.1 Å². The summed E-state index contributed by atoms with van der Waals surface area (Å²) in [7, 11) is 1.93. The number of aromatic nitrogens is 2. The number of rotatable bonds is 9. The van der Waals surface area contributed by atoms with Gasteiger partial charge in [0.1, 0.15) is 0 Å². The van der Waals surface area contributed by atoms with Gasteiger partial charge in [0, 0.05) is 63.6 Å². The smallest absolute Gasteiger partial charge is 0.221 e. The molecule has 6 aromatic carbocycles. The summed E-state index contributed by atoms with van der Waals surface area (Å²) < 4.78 is 4.60. The summed E-state index contributed by atoms with van der Waals surface area (Å²) in [6, 6.07) is 46.6. The Labute approximate surface area is 309 Å². The lowest BCUT2D eigenvalue weighted by Gasteiger charge is -2.17. The van der Waals surface area contributed by atoms with Crippen LogP contribution >= 0.6 is 0 Å². The summed E-state index contributed by atoms with van der Waals surface area (Å²) in [5, 5.41) is 32.6. The van der Waals surface area contributed by atoms with E-state index in [0.29, 0.717) is 18.8 Å². The largest absolute Gasteiger partial charge is 0.399 e. The zero-order chi connectivity index (χ0) is 36.6. The highest BCUT2D eigenvalue weighted by molar-refractivity contribution is 6.11. The topological polar surface area (TPSA) is 86.3 Å². The van der Waals surface area contributed by atoms with Crippen LogP contribution in [0.25, 0.3) is 65.9 Å². The van der Waals surface area contributed by atoms with Gasteiger partial charge in [-0.1, -0.05) is 66.2 Å². The number of aliphatic hydroxyl groups is 2. The Balaban J connectivity index is 1.41. The number of hydrogen-bond donors (Lipinski definition) is 4. The fourth-order valence-electron chi connectivity index (χ4n) is 7.92. The minimum Gasteiger partial charge on any atom is -0.399 e. The Morgan fingerprint density at radius 3 is 1.55 bits per heavy atom. The zero-order valence-electron chi connectivity index (χ0n) is 30.4. The molecule has 262 valence electrons. The molecule has 53 heavy (non-hydrogen) atoms. The Bertz CT molecular complexity index is 2700. The summed E-state index contributed by atoms with van der Waals surface area (Å²) in [5.74, 6) is 0. The molecule has 0 aliphatic rings. The fraction of sp³-hybridized carbons (Fsp3) is 0.149. The Morgan fingerprint density at radius 2 is 1.00 bits per heavy atom. The standard InChI is InChI=1S/C47H43N4O2/c1-30-14-18-38-40-19-15-31(2)23-44(40)50(46(42(38)22-30)32-10-6-4-7-11-32)26-34(28-52)35(29-53)27-51-45-24-36(48)16-20-41(45)39-21-17-37(49-3)25-43(39)47(51)33-12-8-5-9-13-33/h4-25,48-49,52-53H,26-29H2,1-3H3/q+1/p+1/b35-34+. The second-order valence-electron chi connectivity index (χ2n) is 14.0. The van der Waals surface area contributed by atoms with Crippen LogP contribution in [-0.2, 0) is 13.1 Å². The predicted octanol–water partition coefficient (Wildman–Crippen LogP) is 8.43. The first kappa shape index (κ1) is 34.0. The summed E-state index contributed by atoms with van der Waals surface area (Å²) >= 11 is 0. The van der Waals surface area contributed by atoms with E-state index < -0.39 is 0 Å². The van der Waals surface area contributed by atoms with E-state index in [-0.39, 0.29) is 13.2 Å². The SMILES string of the molecule is CNc1ccc2c(c1)c(-c1ccccc1)[n+](C/C(CO)=C(\CO)C[n+]1c(-c3ccccc3)c3cc(C)ccc3c3ccc(C)cc31)c1cc(N)ccc21. The van der Waals surface area contributed by atoms with Gasteiger partial charge in [-0.25, -0.2) is 0 Å². The first-order chi connectivity index (χ1) is 25.9. The Morgan fingerprint density at radius 1 is 0.528 bits per heavy atom. The molecule has 5 N–H and O–H groups in total. The van der Waals surface area contributed by atoms with Gasteiger partial charge in [-0.2, -0.15) is 9.13 Å². The van der Waals surface area contributed by atoms with Gasteiger partial charge in [0.2, 0.25) is 22.4 Å². The maximum Gasteiger partial charge on any atom is 0.221 e. The molecule has 0 aliphatic heterocycles. The van der Waals surface area contributed by atoms with Crippen LogP contribution in [0.2, 0.25) is 0 Å². The van der Waals surface area contributed by atoms with Crippen molar-refractivity contribution in [3.63, 3.8) is 0 Å². The van der Waals surface area contributed by atoms with Crippen LogP contribution in [0.5, 0.6) is 0 Å². The number of nitrogens with two attached hydrogens (primary N) is 1. The van der Waals surface area contributed by atoms with Crippen molar-refractivity contribution >= 4 is 54.7 Å². The number of nitrogens with one attached hydrogen (secondary N) is 1. The third-order valence-corrected chi connectivity index (χ3v) is 10.5. The molecule has 0 fully saturated rings. The van der Waals surface area contributed by atoms with E-state index in [9.17, 15) is 10.2 Å². The number of benzene rings is 6. The number of pyridine rings is 2. The molecule has 6 heteroatoms. The monoisotopic (exact) mass is 696 g/mol. The number of nitrogen functional groups attached to an aromatic ring is 1. The van der Waals surface area contributed by atoms with Gasteiger partial charge in [0.05, 0.1) is 34.8 Å². The minimum absolute atomic E-state index is 0.213. The van der Waals surface area contributed by atoms with Crippen molar-refractivity contribution < 1.29 is 19.3 Å². The Kier molecular flexibility index (Phi) is 9.09. The van der Waals surface area contributed by atoms with Gasteiger partial charge in [-0.05, 0) is 80.1 Å². The maximum atomic E-state index is 11.3. The van der Waals surface area contributed by atoms with Gasteiger partial charge < -0.3 is 21.3 Å². The van der Waals surface area contributed by atoms with E-state index in [2.05, 4.69) is 137 Å². The van der Waals surface area contributed by atoms with Gasteiger partial charge in [-0.15, -0.1) is 0 Å². The molecule has 0 bridgehead atoms. The van der Waals surface area contributed by atoms with Crippen molar-refractivity contribution in [2.75, 3.05) is 31.3 Å². The first-order valence-corrected chi connectivity index (χ1v) is 18.1. The van der Waals surface area contributed by atoms with Crippen LogP contribution in [0.15, 0.2) is 145 Å². The summed E-state index contributed by atoms with van der Waals surface area (Å²) in [5.41, 5.74) is 18.2. The molecular weight excluding hydrogens is 653 g/mol. The van der Waals surface area contributed by atoms with E-state index in [1.807, 2.05) is 31.3 Å². The molecular formula is C47H44N4O2+2. The van der Waals surface area contributed by atoms with Gasteiger partial charge in [0.15, 0.2) is 13.1 Å². The van der Waals surface area contributed by atoms with Crippen molar-refractivity contribution in [2.45, 2.75) is 26.9 Å². The van der Waals surface area contributed by atoms with Crippen LogP contribution in [0.3, 0.4) is 0 Å². The summed E-state index contributed by atoms with van der Waals surface area (Å²) in [6.45, 7) is 4.55. The predicted molar refractivity (Wildman–Crippen MR) is 219 cm³/mol. The molecule has 0 saturated carbocycles. The van der Waals surface area contributed by atoms with Gasteiger partial charge in [-0.3, -0.25) is 0 Å².